The molecule has 0 aliphatic heterocycles. The number of benzene rings is 1. The van der Waals surface area contributed by atoms with Gasteiger partial charge in [-0.1, -0.05) is 36.8 Å². The van der Waals surface area contributed by atoms with Gasteiger partial charge in [0.2, 0.25) is 10.0 Å². The van der Waals surface area contributed by atoms with E-state index < -0.39 is 21.7 Å². The SMILES string of the molecule is CCC(NS(=O)(=O)CCC(=O)O)c1ccc(C)cc1. The second-order valence-electron chi connectivity index (χ2n) is 4.45. The predicted molar refractivity (Wildman–Crippen MR) is 73.4 cm³/mol. The van der Waals surface area contributed by atoms with E-state index in [4.69, 9.17) is 5.11 Å². The van der Waals surface area contributed by atoms with E-state index in [1.54, 1.807) is 0 Å². The van der Waals surface area contributed by atoms with Gasteiger partial charge in [0.15, 0.2) is 0 Å². The van der Waals surface area contributed by atoms with Crippen LogP contribution in [0.1, 0.15) is 36.9 Å². The highest BCUT2D eigenvalue weighted by atomic mass is 32.2. The van der Waals surface area contributed by atoms with Crippen molar-refractivity contribution < 1.29 is 18.3 Å². The summed E-state index contributed by atoms with van der Waals surface area (Å²) in [6, 6.07) is 7.28. The molecule has 1 unspecified atom stereocenters. The minimum Gasteiger partial charge on any atom is -0.481 e. The summed E-state index contributed by atoms with van der Waals surface area (Å²) >= 11 is 0. The zero-order chi connectivity index (χ0) is 14.5. The molecule has 0 heterocycles. The maximum atomic E-state index is 11.8. The third kappa shape index (κ3) is 5.40. The van der Waals surface area contributed by atoms with E-state index in [9.17, 15) is 13.2 Å². The number of hydrogen-bond acceptors (Lipinski definition) is 3. The third-order valence-electron chi connectivity index (χ3n) is 2.79. The standard InChI is InChI=1S/C13H19NO4S/c1-3-12(11-6-4-10(2)5-7-11)14-19(17,18)9-8-13(15)16/h4-7,12,14H,3,8-9H2,1-2H3,(H,15,16). The average molecular weight is 285 g/mol. The third-order valence-corrected chi connectivity index (χ3v) is 4.18. The van der Waals surface area contributed by atoms with Gasteiger partial charge >= 0.3 is 5.97 Å². The summed E-state index contributed by atoms with van der Waals surface area (Å²) in [5.41, 5.74) is 1.99. The zero-order valence-corrected chi connectivity index (χ0v) is 11.9. The number of nitrogens with one attached hydrogen (secondary N) is 1. The first-order valence-electron chi connectivity index (χ1n) is 6.12. The molecule has 0 radical (unpaired) electrons. The first-order chi connectivity index (χ1) is 8.84. The normalized spacial score (nSPS) is 13.2. The van der Waals surface area contributed by atoms with Crippen molar-refractivity contribution in [3.63, 3.8) is 0 Å². The lowest BCUT2D eigenvalue weighted by molar-refractivity contribution is -0.136. The molecule has 5 nitrogen and oxygen atoms in total. The molecule has 19 heavy (non-hydrogen) atoms. The number of carboxylic acid groups (broad SMARTS) is 1. The zero-order valence-electron chi connectivity index (χ0n) is 11.1. The Hall–Kier alpha value is -1.40. The lowest BCUT2D eigenvalue weighted by atomic mass is 10.0. The van der Waals surface area contributed by atoms with Gasteiger partial charge in [0, 0.05) is 6.04 Å². The van der Waals surface area contributed by atoms with Gasteiger partial charge in [0.1, 0.15) is 0 Å². The number of hydrogen-bond donors (Lipinski definition) is 2. The molecule has 0 aromatic heterocycles. The molecule has 0 amide bonds. The van der Waals surface area contributed by atoms with Crippen LogP contribution in [0.5, 0.6) is 0 Å². The Morgan fingerprint density at radius 2 is 1.89 bits per heavy atom. The fraction of sp³-hybridized carbons (Fsp3) is 0.462. The monoisotopic (exact) mass is 285 g/mol. The Morgan fingerprint density at radius 1 is 1.32 bits per heavy atom. The Balaban J connectivity index is 2.76. The summed E-state index contributed by atoms with van der Waals surface area (Å²) in [5, 5.41) is 8.52. The molecule has 2 N–H and O–H groups in total. The fourth-order valence-corrected chi connectivity index (χ4v) is 2.98. The van der Waals surface area contributed by atoms with Gasteiger partial charge in [0.05, 0.1) is 12.2 Å². The van der Waals surface area contributed by atoms with Crippen molar-refractivity contribution in [3.8, 4) is 0 Å². The van der Waals surface area contributed by atoms with Crippen LogP contribution in [0.15, 0.2) is 24.3 Å². The number of rotatable bonds is 7. The van der Waals surface area contributed by atoms with Crippen molar-refractivity contribution in [2.45, 2.75) is 32.7 Å². The number of carbonyl (C=O) groups is 1. The van der Waals surface area contributed by atoms with Crippen LogP contribution in [0.2, 0.25) is 0 Å². The van der Waals surface area contributed by atoms with Crippen LogP contribution in [0.4, 0.5) is 0 Å². The number of sulfonamides is 1. The lowest BCUT2D eigenvalue weighted by Crippen LogP contribution is -2.31. The molecule has 0 aliphatic rings. The van der Waals surface area contributed by atoms with Gasteiger partial charge in [-0.25, -0.2) is 13.1 Å². The molecule has 1 aromatic rings. The molecular formula is C13H19NO4S. The molecule has 0 spiro atoms. The molecular weight excluding hydrogens is 266 g/mol. The summed E-state index contributed by atoms with van der Waals surface area (Å²) in [6.45, 7) is 3.84. The van der Waals surface area contributed by atoms with Gasteiger partial charge in [0.25, 0.3) is 0 Å². The molecule has 1 rings (SSSR count). The molecule has 0 saturated carbocycles. The topological polar surface area (TPSA) is 83.5 Å². The van der Waals surface area contributed by atoms with Crippen molar-refractivity contribution in [2.24, 2.45) is 0 Å². The molecule has 106 valence electrons. The molecule has 0 bridgehead atoms. The molecule has 0 saturated heterocycles. The van der Waals surface area contributed by atoms with Gasteiger partial charge < -0.3 is 5.11 Å². The van der Waals surface area contributed by atoms with Gasteiger partial charge in [-0.2, -0.15) is 0 Å². The van der Waals surface area contributed by atoms with Crippen LogP contribution in [0, 0.1) is 6.92 Å². The highest BCUT2D eigenvalue weighted by Gasteiger charge is 2.19. The maximum absolute atomic E-state index is 11.8. The summed E-state index contributed by atoms with van der Waals surface area (Å²) < 4.78 is 26.1. The van der Waals surface area contributed by atoms with Crippen molar-refractivity contribution in [1.82, 2.24) is 4.72 Å². The number of carboxylic acids is 1. The summed E-state index contributed by atoms with van der Waals surface area (Å²) in [7, 11) is -3.58. The second kappa shape index (κ2) is 6.68. The maximum Gasteiger partial charge on any atom is 0.304 e. The lowest BCUT2D eigenvalue weighted by Gasteiger charge is -2.17. The van der Waals surface area contributed by atoms with E-state index in [0.29, 0.717) is 6.42 Å². The Morgan fingerprint density at radius 3 is 2.37 bits per heavy atom. The van der Waals surface area contributed by atoms with Crippen molar-refractivity contribution in [2.75, 3.05) is 5.75 Å². The predicted octanol–water partition coefficient (Wildman–Crippen LogP) is 1.84. The quantitative estimate of drug-likeness (QED) is 0.800. The van der Waals surface area contributed by atoms with Crippen LogP contribution in [-0.4, -0.2) is 25.2 Å². The summed E-state index contributed by atoms with van der Waals surface area (Å²) in [5.74, 6) is -1.52. The fourth-order valence-electron chi connectivity index (χ4n) is 1.68. The van der Waals surface area contributed by atoms with Crippen LogP contribution >= 0.6 is 0 Å². The molecule has 1 aromatic carbocycles. The van der Waals surface area contributed by atoms with Crippen LogP contribution in [0.25, 0.3) is 0 Å². The first kappa shape index (κ1) is 15.7. The van der Waals surface area contributed by atoms with Gasteiger partial charge in [-0.15, -0.1) is 0 Å². The Bertz CT molecular complexity index is 522. The van der Waals surface area contributed by atoms with Crippen LogP contribution in [0.3, 0.4) is 0 Å². The van der Waals surface area contributed by atoms with Gasteiger partial charge in [-0.05, 0) is 18.9 Å². The minimum atomic E-state index is -3.58. The van der Waals surface area contributed by atoms with Gasteiger partial charge in [-0.3, -0.25) is 4.79 Å². The first-order valence-corrected chi connectivity index (χ1v) is 7.77. The molecule has 0 fully saturated rings. The van der Waals surface area contributed by atoms with Crippen molar-refractivity contribution >= 4 is 16.0 Å². The highest BCUT2D eigenvalue weighted by Crippen LogP contribution is 2.18. The van der Waals surface area contributed by atoms with Crippen LogP contribution in [-0.2, 0) is 14.8 Å². The number of aliphatic carboxylic acids is 1. The van der Waals surface area contributed by atoms with E-state index >= 15 is 0 Å². The van der Waals surface area contributed by atoms with E-state index in [1.165, 1.54) is 0 Å². The van der Waals surface area contributed by atoms with Crippen molar-refractivity contribution in [3.05, 3.63) is 35.4 Å². The van der Waals surface area contributed by atoms with E-state index in [1.807, 2.05) is 38.1 Å². The second-order valence-corrected chi connectivity index (χ2v) is 6.33. The summed E-state index contributed by atoms with van der Waals surface area (Å²) in [6.07, 6.45) is 0.217. The molecule has 1 atom stereocenters. The minimum absolute atomic E-state index is 0.320. The molecule has 6 heteroatoms. The smallest absolute Gasteiger partial charge is 0.304 e. The van der Waals surface area contributed by atoms with Crippen LogP contribution < -0.4 is 4.72 Å². The largest absolute Gasteiger partial charge is 0.481 e. The van der Waals surface area contributed by atoms with E-state index in [2.05, 4.69) is 4.72 Å². The Labute approximate surface area is 113 Å². The summed E-state index contributed by atoms with van der Waals surface area (Å²) in [4.78, 5) is 10.4. The molecule has 0 aliphatic carbocycles. The van der Waals surface area contributed by atoms with E-state index in [-0.39, 0.29) is 12.5 Å². The van der Waals surface area contributed by atoms with Crippen molar-refractivity contribution in [1.29, 1.82) is 0 Å². The average Bonchev–Trinajstić information content (AvgIpc) is 2.35. The Kier molecular flexibility index (Phi) is 5.50. The number of aryl methyl sites for hydroxylation is 1. The van der Waals surface area contributed by atoms with E-state index in [0.717, 1.165) is 11.1 Å². The highest BCUT2D eigenvalue weighted by molar-refractivity contribution is 7.89.